The first-order valence-electron chi connectivity index (χ1n) is 11.1. The zero-order valence-corrected chi connectivity index (χ0v) is 23.1. The van der Waals surface area contributed by atoms with Gasteiger partial charge < -0.3 is 14.5 Å². The number of hydrogen-bond donors (Lipinski definition) is 0. The first kappa shape index (κ1) is 30.8. The lowest BCUT2D eigenvalue weighted by atomic mass is 9.90. The maximum absolute atomic E-state index is 12.6. The lowest BCUT2D eigenvalue weighted by Crippen LogP contribution is -2.46. The van der Waals surface area contributed by atoms with E-state index in [0.717, 1.165) is 6.42 Å². The molecular formula is C23H42N2O5S2. The minimum Gasteiger partial charge on any atom is -0.390 e. The van der Waals surface area contributed by atoms with Crippen molar-refractivity contribution >= 4 is 45.3 Å². The maximum atomic E-state index is 12.6. The van der Waals surface area contributed by atoms with E-state index in [-0.39, 0.29) is 22.0 Å². The average Bonchev–Trinajstić information content (AvgIpc) is 2.72. The van der Waals surface area contributed by atoms with Gasteiger partial charge in [0.15, 0.2) is 0 Å². The van der Waals surface area contributed by atoms with Crippen molar-refractivity contribution in [2.24, 2.45) is 5.41 Å². The number of carbonyl (C=O) groups excluding carboxylic acids is 4. The summed E-state index contributed by atoms with van der Waals surface area (Å²) >= 11 is 0. The van der Waals surface area contributed by atoms with Crippen LogP contribution in [0.4, 0.5) is 0 Å². The standard InChI is InChI=1S/C23H42N2O5S2/c1-11-23(7,32-31-10)15-13-19(27)25(9)17(3)21(29)30-20(28)16(2)24(8)18(26)12-14-22(4,5)6/h16-17H,11-15H2,1-10H3. The summed E-state index contributed by atoms with van der Waals surface area (Å²) in [5, 5.41) is 0. The van der Waals surface area contributed by atoms with Crippen LogP contribution in [0, 0.1) is 5.41 Å². The number of hydrogen-bond acceptors (Lipinski definition) is 7. The highest BCUT2D eigenvalue weighted by molar-refractivity contribution is 8.76. The van der Waals surface area contributed by atoms with E-state index >= 15 is 0 Å². The smallest absolute Gasteiger partial charge is 0.336 e. The van der Waals surface area contributed by atoms with Crippen LogP contribution in [-0.4, -0.2) is 70.7 Å². The molecule has 2 amide bonds. The van der Waals surface area contributed by atoms with Crippen LogP contribution in [0.2, 0.25) is 0 Å². The molecule has 0 saturated carbocycles. The lowest BCUT2D eigenvalue weighted by molar-refractivity contribution is -0.168. The monoisotopic (exact) mass is 490 g/mol. The molecule has 3 unspecified atom stereocenters. The number of nitrogens with zero attached hydrogens (tertiary/aromatic N) is 2. The van der Waals surface area contributed by atoms with Crippen molar-refractivity contribution in [3.05, 3.63) is 0 Å². The molecule has 0 rings (SSSR count). The highest BCUT2D eigenvalue weighted by Gasteiger charge is 2.31. The Hall–Kier alpha value is -1.22. The molecule has 3 atom stereocenters. The van der Waals surface area contributed by atoms with Crippen LogP contribution >= 0.6 is 21.6 Å². The molecule has 9 heteroatoms. The largest absolute Gasteiger partial charge is 0.390 e. The summed E-state index contributed by atoms with van der Waals surface area (Å²) in [5.41, 5.74) is 0.00536. The van der Waals surface area contributed by atoms with E-state index < -0.39 is 24.0 Å². The van der Waals surface area contributed by atoms with Gasteiger partial charge in [-0.3, -0.25) is 9.59 Å². The zero-order chi connectivity index (χ0) is 25.3. The molecule has 0 aromatic heterocycles. The average molecular weight is 491 g/mol. The lowest BCUT2D eigenvalue weighted by Gasteiger charge is -2.29. The maximum Gasteiger partial charge on any atom is 0.336 e. The van der Waals surface area contributed by atoms with Gasteiger partial charge >= 0.3 is 11.9 Å². The highest BCUT2D eigenvalue weighted by Crippen LogP contribution is 2.40. The van der Waals surface area contributed by atoms with Crippen LogP contribution in [0.25, 0.3) is 0 Å². The quantitative estimate of drug-likeness (QED) is 0.226. The second-order valence-electron chi connectivity index (χ2n) is 9.72. The molecule has 0 radical (unpaired) electrons. The molecule has 0 aliphatic heterocycles. The summed E-state index contributed by atoms with van der Waals surface area (Å²) in [6.07, 6.45) is 4.94. The van der Waals surface area contributed by atoms with E-state index in [1.807, 2.05) is 27.0 Å². The van der Waals surface area contributed by atoms with Gasteiger partial charge in [-0.2, -0.15) is 0 Å². The molecule has 186 valence electrons. The molecule has 0 aromatic carbocycles. The number of esters is 2. The number of carbonyl (C=O) groups is 4. The summed E-state index contributed by atoms with van der Waals surface area (Å²) < 4.78 is 4.98. The number of ether oxygens (including phenoxy) is 1. The van der Waals surface area contributed by atoms with Crippen LogP contribution in [0.3, 0.4) is 0 Å². The highest BCUT2D eigenvalue weighted by atomic mass is 33.1. The predicted molar refractivity (Wildman–Crippen MR) is 133 cm³/mol. The molecular weight excluding hydrogens is 448 g/mol. The third-order valence-corrected chi connectivity index (χ3v) is 8.59. The van der Waals surface area contributed by atoms with Gasteiger partial charge in [-0.05, 0) is 51.7 Å². The van der Waals surface area contributed by atoms with Gasteiger partial charge in [-0.15, -0.1) is 0 Å². The molecule has 0 saturated heterocycles. The first-order valence-corrected chi connectivity index (χ1v) is 13.6. The Bertz CT molecular complexity index is 665. The summed E-state index contributed by atoms with van der Waals surface area (Å²) in [6, 6.07) is -1.80. The van der Waals surface area contributed by atoms with Gasteiger partial charge in [-0.1, -0.05) is 49.3 Å². The van der Waals surface area contributed by atoms with Crippen molar-refractivity contribution in [2.45, 2.75) is 97.4 Å². The Morgan fingerprint density at radius 2 is 1.25 bits per heavy atom. The van der Waals surface area contributed by atoms with Crippen LogP contribution in [0.15, 0.2) is 0 Å². The van der Waals surface area contributed by atoms with Crippen LogP contribution in [0.5, 0.6) is 0 Å². The molecule has 0 spiro atoms. The predicted octanol–water partition coefficient (Wildman–Crippen LogP) is 4.54. The SMILES string of the molecule is CCC(C)(CCC(=O)N(C)C(C)C(=O)OC(=O)C(C)N(C)C(=O)CCC(C)(C)C)SSC. The van der Waals surface area contributed by atoms with E-state index in [0.29, 0.717) is 25.7 Å². The van der Waals surface area contributed by atoms with Gasteiger partial charge in [0.1, 0.15) is 12.1 Å². The summed E-state index contributed by atoms with van der Waals surface area (Å²) in [6.45, 7) is 13.4. The number of likely N-dealkylation sites (N-methyl/N-ethyl adjacent to an activating group) is 2. The molecule has 0 fully saturated rings. The minimum atomic E-state index is -0.901. The number of amides is 2. The number of rotatable bonds is 12. The van der Waals surface area contributed by atoms with Crippen LogP contribution in [0.1, 0.15) is 80.6 Å². The molecule has 32 heavy (non-hydrogen) atoms. The Morgan fingerprint density at radius 3 is 1.59 bits per heavy atom. The fourth-order valence-electron chi connectivity index (χ4n) is 2.70. The van der Waals surface area contributed by atoms with Gasteiger partial charge in [-0.25, -0.2) is 9.59 Å². The summed E-state index contributed by atoms with van der Waals surface area (Å²) in [4.78, 5) is 52.4. The third kappa shape index (κ3) is 10.6. The van der Waals surface area contributed by atoms with Gasteiger partial charge in [0, 0.05) is 31.7 Å². The van der Waals surface area contributed by atoms with E-state index in [1.54, 1.807) is 21.6 Å². The van der Waals surface area contributed by atoms with Gasteiger partial charge in [0.05, 0.1) is 0 Å². The van der Waals surface area contributed by atoms with E-state index in [9.17, 15) is 19.2 Å². The van der Waals surface area contributed by atoms with E-state index in [2.05, 4.69) is 13.8 Å². The summed E-state index contributed by atoms with van der Waals surface area (Å²) in [7, 11) is 6.48. The van der Waals surface area contributed by atoms with Crippen LogP contribution in [-0.2, 0) is 23.9 Å². The topological polar surface area (TPSA) is 84.0 Å². The van der Waals surface area contributed by atoms with Gasteiger partial charge in [0.25, 0.3) is 0 Å². The molecule has 0 aliphatic rings. The third-order valence-electron chi connectivity index (χ3n) is 5.82. The van der Waals surface area contributed by atoms with Crippen molar-refractivity contribution in [1.82, 2.24) is 9.80 Å². The van der Waals surface area contributed by atoms with Crippen molar-refractivity contribution in [3.63, 3.8) is 0 Å². The van der Waals surface area contributed by atoms with Crippen molar-refractivity contribution < 1.29 is 23.9 Å². The fourth-order valence-corrected chi connectivity index (χ4v) is 5.22. The Balaban J connectivity index is 4.82. The zero-order valence-electron chi connectivity index (χ0n) is 21.4. The Kier molecular flexibility index (Phi) is 13.0. The van der Waals surface area contributed by atoms with Crippen molar-refractivity contribution in [3.8, 4) is 0 Å². The molecule has 0 bridgehead atoms. The second-order valence-corrected chi connectivity index (χ2v) is 12.7. The summed E-state index contributed by atoms with van der Waals surface area (Å²) in [5.74, 6) is -1.96. The van der Waals surface area contributed by atoms with E-state index in [4.69, 9.17) is 4.74 Å². The van der Waals surface area contributed by atoms with Crippen LogP contribution < -0.4 is 0 Å². The molecule has 7 nitrogen and oxygen atoms in total. The second kappa shape index (κ2) is 13.5. The van der Waals surface area contributed by atoms with Crippen molar-refractivity contribution in [1.29, 1.82) is 0 Å². The van der Waals surface area contributed by atoms with Crippen molar-refractivity contribution in [2.75, 3.05) is 20.4 Å². The molecule has 0 aromatic rings. The Labute approximate surface area is 202 Å². The molecule has 0 heterocycles. The Morgan fingerprint density at radius 1 is 0.844 bits per heavy atom. The molecule has 0 aliphatic carbocycles. The normalized spacial score (nSPS) is 15.3. The fraction of sp³-hybridized carbons (Fsp3) is 0.826. The van der Waals surface area contributed by atoms with E-state index in [1.165, 1.54) is 37.7 Å². The first-order chi connectivity index (χ1) is 14.6. The van der Waals surface area contributed by atoms with Gasteiger partial charge in [0.2, 0.25) is 11.8 Å². The molecule has 0 N–H and O–H groups in total. The minimum absolute atomic E-state index is 0.00536.